The number of hydrogen-bond acceptors (Lipinski definition) is 2. The average molecular weight is 312 g/mol. The summed E-state index contributed by atoms with van der Waals surface area (Å²) in [6.07, 6.45) is 2.24. The Balaban J connectivity index is 1.76. The van der Waals surface area contributed by atoms with Crippen LogP contribution >= 0.6 is 34.5 Å². The van der Waals surface area contributed by atoms with Crippen molar-refractivity contribution in [2.24, 2.45) is 0 Å². The number of halogens is 2. The molecule has 100 valence electrons. The highest BCUT2D eigenvalue weighted by molar-refractivity contribution is 7.16. The van der Waals surface area contributed by atoms with Gasteiger partial charge in [-0.1, -0.05) is 29.3 Å². The molecule has 1 aliphatic carbocycles. The molecule has 0 amide bonds. The van der Waals surface area contributed by atoms with Crippen LogP contribution in [0.5, 0.6) is 0 Å². The van der Waals surface area contributed by atoms with Crippen molar-refractivity contribution in [3.63, 3.8) is 0 Å². The molecule has 1 nitrogen and oxygen atoms in total. The number of rotatable bonds is 3. The smallest absolute Gasteiger partial charge is 0.0931 e. The van der Waals surface area contributed by atoms with E-state index in [4.69, 9.17) is 23.2 Å². The Kier molecular flexibility index (Phi) is 3.86. The number of benzene rings is 1. The summed E-state index contributed by atoms with van der Waals surface area (Å²) in [6.45, 7) is 2.19. The minimum absolute atomic E-state index is 0.323. The quantitative estimate of drug-likeness (QED) is 0.801. The number of thiophene rings is 1. The molecule has 2 aromatic rings. The Bertz CT molecular complexity index is 594. The van der Waals surface area contributed by atoms with Gasteiger partial charge in [0.05, 0.1) is 4.34 Å². The summed E-state index contributed by atoms with van der Waals surface area (Å²) < 4.78 is 0.849. The molecular formula is C15H15Cl2NS. The van der Waals surface area contributed by atoms with Crippen molar-refractivity contribution < 1.29 is 0 Å². The molecule has 0 saturated carbocycles. The van der Waals surface area contributed by atoms with Crippen molar-refractivity contribution >= 4 is 34.5 Å². The van der Waals surface area contributed by atoms with Crippen LogP contribution in [0.15, 0.2) is 30.3 Å². The molecule has 0 radical (unpaired) electrons. The van der Waals surface area contributed by atoms with E-state index in [-0.39, 0.29) is 0 Å². The molecule has 3 rings (SSSR count). The summed E-state index contributed by atoms with van der Waals surface area (Å²) in [5, 5.41) is 4.52. The van der Waals surface area contributed by atoms with Gasteiger partial charge in [0.25, 0.3) is 0 Å². The first-order chi connectivity index (χ1) is 9.13. The second-order valence-corrected chi connectivity index (χ2v) is 7.15. The first-order valence-electron chi connectivity index (χ1n) is 6.43. The van der Waals surface area contributed by atoms with Crippen LogP contribution in [-0.4, -0.2) is 0 Å². The van der Waals surface area contributed by atoms with Gasteiger partial charge in [0, 0.05) is 22.0 Å². The zero-order valence-corrected chi connectivity index (χ0v) is 12.9. The van der Waals surface area contributed by atoms with Gasteiger partial charge in [0.15, 0.2) is 0 Å². The average Bonchev–Trinajstić information content (AvgIpc) is 2.96. The topological polar surface area (TPSA) is 12.0 Å². The molecule has 0 bridgehead atoms. The normalized spacial score (nSPS) is 19.4. The fourth-order valence-corrected chi connectivity index (χ4v) is 3.97. The third-order valence-corrected chi connectivity index (χ3v) is 5.30. The van der Waals surface area contributed by atoms with Crippen LogP contribution in [0.3, 0.4) is 0 Å². The van der Waals surface area contributed by atoms with Crippen molar-refractivity contribution in [3.8, 4) is 0 Å². The van der Waals surface area contributed by atoms with Gasteiger partial charge < -0.3 is 5.32 Å². The molecule has 1 aliphatic rings. The molecule has 1 heterocycles. The molecule has 19 heavy (non-hydrogen) atoms. The van der Waals surface area contributed by atoms with Gasteiger partial charge in [-0.2, -0.15) is 0 Å². The largest absolute Gasteiger partial charge is 0.303 e. The summed E-state index contributed by atoms with van der Waals surface area (Å²) in [5.74, 6) is 0. The van der Waals surface area contributed by atoms with Crippen molar-refractivity contribution in [3.05, 3.63) is 55.7 Å². The van der Waals surface area contributed by atoms with E-state index in [1.807, 2.05) is 12.1 Å². The Labute approximate surface area is 127 Å². The molecule has 0 fully saturated rings. The van der Waals surface area contributed by atoms with Crippen LogP contribution in [0, 0.1) is 0 Å². The third-order valence-electron chi connectivity index (χ3n) is 3.65. The summed E-state index contributed by atoms with van der Waals surface area (Å²) in [6, 6.07) is 11.0. The maximum atomic E-state index is 6.04. The molecule has 0 saturated heterocycles. The van der Waals surface area contributed by atoms with Crippen molar-refractivity contribution in [1.82, 2.24) is 5.32 Å². The summed E-state index contributed by atoms with van der Waals surface area (Å²) in [5.41, 5.74) is 2.76. The lowest BCUT2D eigenvalue weighted by Gasteiger charge is -2.19. The highest BCUT2D eigenvalue weighted by Gasteiger charge is 2.24. The van der Waals surface area contributed by atoms with Gasteiger partial charge >= 0.3 is 0 Å². The van der Waals surface area contributed by atoms with Gasteiger partial charge in [-0.3, -0.25) is 0 Å². The maximum absolute atomic E-state index is 6.04. The van der Waals surface area contributed by atoms with E-state index in [1.54, 1.807) is 11.3 Å². The highest BCUT2D eigenvalue weighted by Crippen LogP contribution is 2.35. The van der Waals surface area contributed by atoms with Gasteiger partial charge in [-0.05, 0) is 55.2 Å². The van der Waals surface area contributed by atoms with Crippen LogP contribution in [-0.2, 0) is 6.42 Å². The number of fused-ring (bicyclic) bond motifs is 1. The van der Waals surface area contributed by atoms with E-state index in [2.05, 4.69) is 30.4 Å². The molecule has 1 aromatic heterocycles. The summed E-state index contributed by atoms with van der Waals surface area (Å²) >= 11 is 13.7. The van der Waals surface area contributed by atoms with Crippen LogP contribution in [0.1, 0.15) is 41.4 Å². The summed E-state index contributed by atoms with van der Waals surface area (Å²) in [7, 11) is 0. The molecule has 0 spiro atoms. The van der Waals surface area contributed by atoms with E-state index in [9.17, 15) is 0 Å². The molecular weight excluding hydrogens is 297 g/mol. The third kappa shape index (κ3) is 2.82. The van der Waals surface area contributed by atoms with Crippen molar-refractivity contribution in [2.45, 2.75) is 31.8 Å². The Morgan fingerprint density at radius 1 is 1.26 bits per heavy atom. The first-order valence-corrected chi connectivity index (χ1v) is 8.00. The molecule has 4 heteroatoms. The van der Waals surface area contributed by atoms with E-state index in [1.165, 1.54) is 16.0 Å². The van der Waals surface area contributed by atoms with Crippen LogP contribution in [0.25, 0.3) is 0 Å². The predicted octanol–water partition coefficient (Wildman–Crippen LogP) is 5.39. The standard InChI is InChI=1S/C15H15Cl2NS/c1-9(14-6-7-15(17)19-14)18-13-5-2-10-8-11(16)3-4-12(10)13/h3-4,6-9,13,18H,2,5H2,1H3. The van der Waals surface area contributed by atoms with Gasteiger partial charge in [0.1, 0.15) is 0 Å². The van der Waals surface area contributed by atoms with E-state index in [0.717, 1.165) is 22.2 Å². The zero-order chi connectivity index (χ0) is 13.4. The van der Waals surface area contributed by atoms with Gasteiger partial charge in [-0.25, -0.2) is 0 Å². The molecule has 2 atom stereocenters. The maximum Gasteiger partial charge on any atom is 0.0931 e. The van der Waals surface area contributed by atoms with Gasteiger partial charge in [-0.15, -0.1) is 11.3 Å². The number of aryl methyl sites for hydroxylation is 1. The first kappa shape index (κ1) is 13.4. The fraction of sp³-hybridized carbons (Fsp3) is 0.333. The monoisotopic (exact) mass is 311 g/mol. The predicted molar refractivity (Wildman–Crippen MR) is 83.4 cm³/mol. The molecule has 0 aliphatic heterocycles. The Hall–Kier alpha value is -0.540. The van der Waals surface area contributed by atoms with E-state index in [0.29, 0.717) is 12.1 Å². The SMILES string of the molecule is CC(NC1CCc2cc(Cl)ccc21)c1ccc(Cl)s1. The lowest BCUT2D eigenvalue weighted by molar-refractivity contribution is 0.469. The highest BCUT2D eigenvalue weighted by atomic mass is 35.5. The molecule has 1 aromatic carbocycles. The fourth-order valence-electron chi connectivity index (χ4n) is 2.70. The molecule has 2 unspecified atom stereocenters. The van der Waals surface area contributed by atoms with Crippen LogP contribution in [0.4, 0.5) is 0 Å². The zero-order valence-electron chi connectivity index (χ0n) is 10.6. The minimum Gasteiger partial charge on any atom is -0.303 e. The van der Waals surface area contributed by atoms with Crippen LogP contribution < -0.4 is 5.32 Å². The van der Waals surface area contributed by atoms with Crippen molar-refractivity contribution in [2.75, 3.05) is 0 Å². The van der Waals surface area contributed by atoms with Crippen LogP contribution in [0.2, 0.25) is 9.36 Å². The molecule has 1 N–H and O–H groups in total. The second-order valence-electron chi connectivity index (χ2n) is 4.96. The number of nitrogens with one attached hydrogen (secondary N) is 1. The van der Waals surface area contributed by atoms with E-state index >= 15 is 0 Å². The lowest BCUT2D eigenvalue weighted by atomic mass is 10.1. The lowest BCUT2D eigenvalue weighted by Crippen LogP contribution is -2.22. The second kappa shape index (κ2) is 5.45. The van der Waals surface area contributed by atoms with Crippen molar-refractivity contribution in [1.29, 1.82) is 0 Å². The van der Waals surface area contributed by atoms with E-state index < -0.39 is 0 Å². The van der Waals surface area contributed by atoms with Gasteiger partial charge in [0.2, 0.25) is 0 Å². The minimum atomic E-state index is 0.323. The summed E-state index contributed by atoms with van der Waals surface area (Å²) in [4.78, 5) is 1.28. The Morgan fingerprint density at radius 2 is 2.11 bits per heavy atom. The Morgan fingerprint density at radius 3 is 2.84 bits per heavy atom. The number of hydrogen-bond donors (Lipinski definition) is 1.